The van der Waals surface area contributed by atoms with E-state index in [4.69, 9.17) is 11.5 Å². The van der Waals surface area contributed by atoms with Gasteiger partial charge in [-0.2, -0.15) is 25.8 Å². The number of carbonyl (C=O) groups is 4. The normalized spacial score (nSPS) is 24.4. The lowest BCUT2D eigenvalue weighted by Crippen LogP contribution is -2.40. The Labute approximate surface area is 355 Å². The zero-order valence-corrected chi connectivity index (χ0v) is 34.9. The van der Waals surface area contributed by atoms with Gasteiger partial charge in [-0.15, -0.1) is 0 Å². The lowest BCUT2D eigenvalue weighted by Gasteiger charge is -2.24. The van der Waals surface area contributed by atoms with E-state index in [1.807, 2.05) is 19.3 Å². The van der Waals surface area contributed by atoms with Crippen LogP contribution in [-0.2, 0) is 16.6 Å². The molecule has 0 spiro atoms. The highest BCUT2D eigenvalue weighted by molar-refractivity contribution is 9.10. The van der Waals surface area contributed by atoms with Crippen LogP contribution in [0.1, 0.15) is 60.2 Å². The zero-order chi connectivity index (χ0) is 43.8. The molecule has 2 saturated carbocycles. The van der Waals surface area contributed by atoms with Crippen molar-refractivity contribution in [3.63, 3.8) is 0 Å². The van der Waals surface area contributed by atoms with Crippen LogP contribution < -0.4 is 22.1 Å². The highest BCUT2D eigenvalue weighted by Gasteiger charge is 2.58. The standard InChI is InChI=1S/C22H23FN8O2.C18H18BrFN6O2/c1-21(23)12-30(20(33)22(11-24)3-4-22)10-17(21)28-18-15(19(25)32)7-27-31-9-13(5-16(18)31)14-6-26-29(2)8-14;1-17(20)9-25(16(28)18(8-21)2-3-18)7-13(17)24-14-11(15(22)27)5-23-26-6-10(19)4-12(14)26/h5-9,17,28H,3-4,10,12H2,1-2H3,(H2,25,32);4-6,13,24H,2-3,7,9H2,1H3,(H2,22,27)/t17-,21+;13-,17+/m11/s1. The van der Waals surface area contributed by atoms with E-state index in [1.165, 1.54) is 36.0 Å². The third-order valence-corrected chi connectivity index (χ3v) is 12.5. The molecule has 0 bridgehead atoms. The molecular formula is C40H41BrF2N14O4. The van der Waals surface area contributed by atoms with E-state index >= 15 is 8.78 Å². The summed E-state index contributed by atoms with van der Waals surface area (Å²) in [6.07, 6.45) is 11.7. The number of hydrogen-bond donors (Lipinski definition) is 4. The second-order valence-corrected chi connectivity index (χ2v) is 17.7. The Bertz CT molecular complexity index is 2740. The monoisotopic (exact) mass is 898 g/mol. The highest BCUT2D eigenvalue weighted by atomic mass is 79.9. The number of halogens is 3. The summed E-state index contributed by atoms with van der Waals surface area (Å²) in [7, 11) is 1.81. The molecule has 2 saturated heterocycles. The van der Waals surface area contributed by atoms with Crippen LogP contribution in [0.5, 0.6) is 0 Å². The first-order valence-electron chi connectivity index (χ1n) is 19.4. The number of nitrogens with one attached hydrogen (secondary N) is 2. The highest BCUT2D eigenvalue weighted by Crippen LogP contribution is 2.49. The Morgan fingerprint density at radius 3 is 1.61 bits per heavy atom. The molecule has 4 amide bonds. The Balaban J connectivity index is 0.000000171. The SMILES string of the molecule is C[C@]1(F)CN(C(=O)C2(C#N)CC2)C[C@H]1Nc1c(C(N)=O)cnn2cc(Br)cc12.Cn1cc(-c2cc3c(N[C@@H]4CN(C(=O)C5(C#N)CC5)C[C@]4(C)F)c(C(N)=O)cnn3c2)cn1. The number of nitrogens with two attached hydrogens (primary N) is 2. The number of amides is 4. The van der Waals surface area contributed by atoms with Crippen LogP contribution >= 0.6 is 15.9 Å². The van der Waals surface area contributed by atoms with Crippen LogP contribution in [0, 0.1) is 33.5 Å². The summed E-state index contributed by atoms with van der Waals surface area (Å²) in [5.41, 5.74) is 9.24. The van der Waals surface area contributed by atoms with Gasteiger partial charge in [0.25, 0.3) is 11.8 Å². The van der Waals surface area contributed by atoms with Crippen LogP contribution in [0.2, 0.25) is 0 Å². The number of primary amides is 2. The molecule has 61 heavy (non-hydrogen) atoms. The Morgan fingerprint density at radius 1 is 0.738 bits per heavy atom. The fourth-order valence-electron chi connectivity index (χ4n) is 8.06. The van der Waals surface area contributed by atoms with Crippen molar-refractivity contribution in [3.8, 4) is 23.3 Å². The summed E-state index contributed by atoms with van der Waals surface area (Å²) in [6, 6.07) is 6.11. The lowest BCUT2D eigenvalue weighted by molar-refractivity contribution is -0.135. The third-order valence-electron chi connectivity index (χ3n) is 12.0. The van der Waals surface area contributed by atoms with E-state index in [0.717, 1.165) is 15.6 Å². The molecule has 4 aliphatic rings. The van der Waals surface area contributed by atoms with Gasteiger partial charge in [-0.05, 0) is 67.6 Å². The van der Waals surface area contributed by atoms with E-state index < -0.39 is 46.1 Å². The second kappa shape index (κ2) is 14.5. The summed E-state index contributed by atoms with van der Waals surface area (Å²) in [4.78, 5) is 52.3. The molecule has 0 unspecified atom stereocenters. The van der Waals surface area contributed by atoms with Crippen LogP contribution in [0.4, 0.5) is 20.2 Å². The molecule has 0 radical (unpaired) electrons. The van der Waals surface area contributed by atoms with Crippen molar-refractivity contribution in [2.75, 3.05) is 36.8 Å². The number of hydrogen-bond acceptors (Lipinski definition) is 11. The fraction of sp³-hybridized carbons (Fsp3) is 0.425. The molecular weight excluding hydrogens is 858 g/mol. The number of carbonyl (C=O) groups excluding carboxylic acids is 4. The summed E-state index contributed by atoms with van der Waals surface area (Å²) in [5.74, 6) is -2.06. The van der Waals surface area contributed by atoms with Gasteiger partial charge in [-0.25, -0.2) is 17.8 Å². The van der Waals surface area contributed by atoms with E-state index in [-0.39, 0.29) is 49.1 Å². The Hall–Kier alpha value is -6.61. The molecule has 5 aromatic rings. The molecule has 4 atom stereocenters. The maximum absolute atomic E-state index is 15.6. The maximum Gasteiger partial charge on any atom is 0.252 e. The van der Waals surface area contributed by atoms with Gasteiger partial charge in [-0.1, -0.05) is 0 Å². The summed E-state index contributed by atoms with van der Waals surface area (Å²) >= 11 is 3.36. The van der Waals surface area contributed by atoms with Crippen molar-refractivity contribution in [2.45, 2.75) is 63.0 Å². The quantitative estimate of drug-likeness (QED) is 0.167. The van der Waals surface area contributed by atoms with Crippen LogP contribution in [0.3, 0.4) is 0 Å². The Morgan fingerprint density at radius 2 is 1.20 bits per heavy atom. The smallest absolute Gasteiger partial charge is 0.252 e. The number of anilines is 2. The number of rotatable bonds is 9. The molecule has 9 rings (SSSR count). The first-order chi connectivity index (χ1) is 28.8. The van der Waals surface area contributed by atoms with Crippen molar-refractivity contribution >= 4 is 62.0 Å². The molecule has 4 fully saturated rings. The minimum Gasteiger partial charge on any atom is -0.375 e. The van der Waals surface area contributed by atoms with Crippen LogP contribution in [-0.4, -0.2) is 112 Å². The van der Waals surface area contributed by atoms with Gasteiger partial charge in [0.2, 0.25) is 11.8 Å². The average molecular weight is 900 g/mol. The van der Waals surface area contributed by atoms with Gasteiger partial charge in [0.15, 0.2) is 0 Å². The number of fused-ring (bicyclic) bond motifs is 2. The second-order valence-electron chi connectivity index (χ2n) is 16.8. The van der Waals surface area contributed by atoms with Gasteiger partial charge < -0.3 is 31.9 Å². The van der Waals surface area contributed by atoms with Crippen LogP contribution in [0.25, 0.3) is 22.2 Å². The number of alkyl halides is 2. The number of nitrogens with zero attached hydrogens (tertiary/aromatic N) is 10. The molecule has 2 aliphatic heterocycles. The van der Waals surface area contributed by atoms with E-state index in [1.54, 1.807) is 38.4 Å². The van der Waals surface area contributed by atoms with Crippen LogP contribution in [0.15, 0.2) is 53.8 Å². The van der Waals surface area contributed by atoms with E-state index in [9.17, 15) is 29.7 Å². The third kappa shape index (κ3) is 7.36. The number of aromatic nitrogens is 6. The van der Waals surface area contributed by atoms with Gasteiger partial charge in [0.05, 0.1) is 89.4 Å². The predicted molar refractivity (Wildman–Crippen MR) is 219 cm³/mol. The summed E-state index contributed by atoms with van der Waals surface area (Å²) in [5, 5.41) is 37.4. The zero-order valence-electron chi connectivity index (χ0n) is 33.3. The van der Waals surface area contributed by atoms with Crippen molar-refractivity contribution in [1.82, 2.24) is 38.8 Å². The molecule has 316 valence electrons. The van der Waals surface area contributed by atoms with E-state index in [2.05, 4.69) is 54.0 Å². The average Bonchev–Trinajstić information content (AvgIpc) is 3.92. The maximum atomic E-state index is 15.6. The minimum absolute atomic E-state index is 0.0676. The van der Waals surface area contributed by atoms with Crippen molar-refractivity contribution < 1.29 is 28.0 Å². The molecule has 2 aliphatic carbocycles. The number of likely N-dealkylation sites (tertiary alicyclic amines) is 2. The van der Waals surface area contributed by atoms with Gasteiger partial charge in [0, 0.05) is 54.3 Å². The lowest BCUT2D eigenvalue weighted by atomic mass is 10.0. The van der Waals surface area contributed by atoms with Crippen molar-refractivity contribution in [3.05, 3.63) is 64.9 Å². The fourth-order valence-corrected chi connectivity index (χ4v) is 8.47. The molecule has 6 N–H and O–H groups in total. The topological polar surface area (TPSA) is 251 Å². The molecule has 21 heteroatoms. The first kappa shape index (κ1) is 41.1. The predicted octanol–water partition coefficient (Wildman–Crippen LogP) is 3.34. The minimum atomic E-state index is -1.78. The van der Waals surface area contributed by atoms with E-state index in [0.29, 0.717) is 48.1 Å². The number of aryl methyl sites for hydroxylation is 1. The number of nitriles is 2. The van der Waals surface area contributed by atoms with Crippen molar-refractivity contribution in [2.24, 2.45) is 29.3 Å². The van der Waals surface area contributed by atoms with Gasteiger partial charge in [-0.3, -0.25) is 23.9 Å². The van der Waals surface area contributed by atoms with Crippen molar-refractivity contribution in [1.29, 1.82) is 10.5 Å². The molecule has 5 aromatic heterocycles. The van der Waals surface area contributed by atoms with Gasteiger partial charge >= 0.3 is 0 Å². The molecule has 7 heterocycles. The largest absolute Gasteiger partial charge is 0.375 e. The molecule has 0 aromatic carbocycles. The summed E-state index contributed by atoms with van der Waals surface area (Å²) < 4.78 is 36.5. The molecule has 18 nitrogen and oxygen atoms in total. The first-order valence-corrected chi connectivity index (χ1v) is 20.2. The van der Waals surface area contributed by atoms with Gasteiger partial charge in [0.1, 0.15) is 22.2 Å². The summed E-state index contributed by atoms with van der Waals surface area (Å²) in [6.45, 7) is 2.71. The Kier molecular flexibility index (Phi) is 9.81.